The van der Waals surface area contributed by atoms with Crippen LogP contribution in [0.1, 0.15) is 11.1 Å². The highest BCUT2D eigenvalue weighted by atomic mass is 35.5. The molecule has 0 aliphatic rings. The summed E-state index contributed by atoms with van der Waals surface area (Å²) in [5.74, 6) is 1.00. The summed E-state index contributed by atoms with van der Waals surface area (Å²) in [5.41, 5.74) is 1.84. The van der Waals surface area contributed by atoms with Crippen LogP contribution in [0, 0.1) is 0 Å². The fourth-order valence-electron chi connectivity index (χ4n) is 2.96. The number of hydrogen-bond acceptors (Lipinski definition) is 3. The summed E-state index contributed by atoms with van der Waals surface area (Å²) in [6.07, 6.45) is 3.53. The third-order valence-electron chi connectivity index (χ3n) is 4.47. The maximum absolute atomic E-state index is 6.31. The van der Waals surface area contributed by atoms with Gasteiger partial charge >= 0.3 is 0 Å². The first kappa shape index (κ1) is 22.9. The van der Waals surface area contributed by atoms with Crippen LogP contribution in [0.15, 0.2) is 60.9 Å². The average molecular weight is 526 g/mol. The predicted octanol–water partition coefficient (Wildman–Crippen LogP) is 6.60. The molecule has 0 radical (unpaired) electrons. The molecule has 0 amide bonds. The molecule has 0 bridgehead atoms. The van der Waals surface area contributed by atoms with Crippen LogP contribution in [0.3, 0.4) is 0 Å². The van der Waals surface area contributed by atoms with E-state index >= 15 is 0 Å². The lowest BCUT2D eigenvalue weighted by Gasteiger charge is -2.08. The monoisotopic (exact) mass is 524 g/mol. The third kappa shape index (κ3) is 5.74. The van der Waals surface area contributed by atoms with Crippen molar-refractivity contribution in [3.05, 3.63) is 92.1 Å². The number of aromatic nitrogens is 4. The number of hydrogen-bond donors (Lipinski definition) is 2. The molecular formula is C21H16Cl4N6S. The minimum absolute atomic E-state index is 0.310. The predicted molar refractivity (Wildman–Crippen MR) is 135 cm³/mol. The lowest BCUT2D eigenvalue weighted by molar-refractivity contribution is 0.689. The molecule has 0 unspecified atom stereocenters. The first-order chi connectivity index (χ1) is 15.4. The molecule has 0 aliphatic heterocycles. The Bertz CT molecular complexity index is 1230. The van der Waals surface area contributed by atoms with E-state index in [0.717, 1.165) is 11.1 Å². The van der Waals surface area contributed by atoms with E-state index in [0.29, 0.717) is 49.9 Å². The topological polar surface area (TPSA) is 59.7 Å². The summed E-state index contributed by atoms with van der Waals surface area (Å²) in [6, 6.07) is 14.7. The van der Waals surface area contributed by atoms with Crippen molar-refractivity contribution in [3.63, 3.8) is 0 Å². The van der Waals surface area contributed by atoms with E-state index in [1.54, 1.807) is 46.0 Å². The van der Waals surface area contributed by atoms with E-state index in [1.165, 1.54) is 0 Å². The van der Waals surface area contributed by atoms with Crippen LogP contribution in [0.2, 0.25) is 20.1 Å². The summed E-state index contributed by atoms with van der Waals surface area (Å²) in [5, 5.41) is 17.5. The zero-order valence-corrected chi connectivity index (χ0v) is 20.2. The number of benzene rings is 2. The van der Waals surface area contributed by atoms with Crippen LogP contribution >= 0.6 is 58.6 Å². The van der Waals surface area contributed by atoms with Gasteiger partial charge in [-0.15, -0.1) is 0 Å². The molecule has 6 nitrogen and oxygen atoms in total. The molecule has 0 saturated heterocycles. The minimum Gasteiger partial charge on any atom is -0.316 e. The third-order valence-corrected chi connectivity index (χ3v) is 5.91. The minimum atomic E-state index is 0.310. The second-order valence-corrected chi connectivity index (χ2v) is 8.89. The Kier molecular flexibility index (Phi) is 7.23. The van der Waals surface area contributed by atoms with Crippen molar-refractivity contribution in [2.24, 2.45) is 0 Å². The van der Waals surface area contributed by atoms with E-state index in [1.807, 2.05) is 24.3 Å². The SMILES string of the molecule is S=C(Nc1ccn(Cc2c(Cl)cccc2Cl)n1)Nc1nn(Cc2ccc(Cl)cc2)cc1Cl. The van der Waals surface area contributed by atoms with Crippen LogP contribution in [-0.4, -0.2) is 24.7 Å². The lowest BCUT2D eigenvalue weighted by atomic mass is 10.2. The fraction of sp³-hybridized carbons (Fsp3) is 0.0952. The summed E-state index contributed by atoms with van der Waals surface area (Å²) in [6.45, 7) is 0.981. The van der Waals surface area contributed by atoms with E-state index in [2.05, 4.69) is 20.8 Å². The first-order valence-corrected chi connectivity index (χ1v) is 11.3. The van der Waals surface area contributed by atoms with Gasteiger partial charge in [0.2, 0.25) is 0 Å². The van der Waals surface area contributed by atoms with Crippen LogP contribution in [-0.2, 0) is 13.1 Å². The fourth-order valence-corrected chi connectivity index (χ4v) is 4.00. The van der Waals surface area contributed by atoms with Crippen molar-refractivity contribution in [1.29, 1.82) is 0 Å². The van der Waals surface area contributed by atoms with Crippen molar-refractivity contribution in [2.45, 2.75) is 13.1 Å². The molecule has 2 aromatic heterocycles. The zero-order chi connectivity index (χ0) is 22.7. The number of nitrogens with zero attached hydrogens (tertiary/aromatic N) is 4. The van der Waals surface area contributed by atoms with Gasteiger partial charge in [-0.05, 0) is 42.0 Å². The van der Waals surface area contributed by atoms with Crippen molar-refractivity contribution < 1.29 is 0 Å². The molecule has 0 fully saturated rings. The summed E-state index contributed by atoms with van der Waals surface area (Å²) >= 11 is 30.1. The largest absolute Gasteiger partial charge is 0.316 e. The van der Waals surface area contributed by atoms with Gasteiger partial charge < -0.3 is 10.6 Å². The molecule has 0 saturated carbocycles. The molecule has 164 valence electrons. The second-order valence-electron chi connectivity index (χ2n) is 6.83. The number of thiocarbonyl (C=S) groups is 1. The Morgan fingerprint density at radius 3 is 2.25 bits per heavy atom. The van der Waals surface area contributed by atoms with Crippen molar-refractivity contribution in [3.8, 4) is 0 Å². The van der Waals surface area contributed by atoms with Crippen LogP contribution in [0.5, 0.6) is 0 Å². The van der Waals surface area contributed by atoms with Gasteiger partial charge in [0.1, 0.15) is 5.02 Å². The highest BCUT2D eigenvalue weighted by Gasteiger charge is 2.11. The van der Waals surface area contributed by atoms with Crippen LogP contribution in [0.4, 0.5) is 11.6 Å². The van der Waals surface area contributed by atoms with Gasteiger partial charge in [0, 0.05) is 39.1 Å². The Hall–Kier alpha value is -2.29. The number of rotatable bonds is 6. The quantitative estimate of drug-likeness (QED) is 0.278. The Balaban J connectivity index is 1.37. The zero-order valence-electron chi connectivity index (χ0n) is 16.4. The van der Waals surface area contributed by atoms with E-state index in [4.69, 9.17) is 58.6 Å². The van der Waals surface area contributed by atoms with Crippen LogP contribution in [0.25, 0.3) is 0 Å². The van der Waals surface area contributed by atoms with E-state index in [9.17, 15) is 0 Å². The van der Waals surface area contributed by atoms with E-state index < -0.39 is 0 Å². The van der Waals surface area contributed by atoms with Crippen molar-refractivity contribution in [1.82, 2.24) is 19.6 Å². The molecule has 0 spiro atoms. The van der Waals surface area contributed by atoms with Gasteiger partial charge in [0.15, 0.2) is 16.7 Å². The number of anilines is 2. The molecule has 4 rings (SSSR count). The normalized spacial score (nSPS) is 10.9. The number of halogens is 4. The highest BCUT2D eigenvalue weighted by molar-refractivity contribution is 7.80. The van der Waals surface area contributed by atoms with Gasteiger partial charge in [0.05, 0.1) is 13.1 Å². The smallest absolute Gasteiger partial charge is 0.177 e. The van der Waals surface area contributed by atoms with Gasteiger partial charge in [-0.2, -0.15) is 10.2 Å². The van der Waals surface area contributed by atoms with Gasteiger partial charge in [-0.3, -0.25) is 9.36 Å². The summed E-state index contributed by atoms with van der Waals surface area (Å²) in [7, 11) is 0. The molecule has 0 aliphatic carbocycles. The lowest BCUT2D eigenvalue weighted by Crippen LogP contribution is -2.20. The molecule has 0 atom stereocenters. The van der Waals surface area contributed by atoms with Gasteiger partial charge in [-0.1, -0.05) is 64.6 Å². The first-order valence-electron chi connectivity index (χ1n) is 9.39. The molecule has 11 heteroatoms. The van der Waals surface area contributed by atoms with Crippen molar-refractivity contribution in [2.75, 3.05) is 10.6 Å². The number of nitrogens with one attached hydrogen (secondary N) is 2. The van der Waals surface area contributed by atoms with Crippen molar-refractivity contribution >= 4 is 75.4 Å². The van der Waals surface area contributed by atoms with Crippen LogP contribution < -0.4 is 10.6 Å². The summed E-state index contributed by atoms with van der Waals surface area (Å²) < 4.78 is 3.43. The average Bonchev–Trinajstić information content (AvgIpc) is 3.32. The maximum atomic E-state index is 6.31. The Morgan fingerprint density at radius 2 is 1.53 bits per heavy atom. The Morgan fingerprint density at radius 1 is 0.812 bits per heavy atom. The Labute approximate surface area is 210 Å². The van der Waals surface area contributed by atoms with Gasteiger partial charge in [0.25, 0.3) is 0 Å². The molecule has 2 heterocycles. The maximum Gasteiger partial charge on any atom is 0.177 e. The standard InChI is InChI=1S/C21H16Cl4N6S/c22-14-6-4-13(5-7-14)10-31-12-18(25)20(29-31)27-21(32)26-19-8-9-30(28-19)11-15-16(23)2-1-3-17(15)24/h1-9,12H,10-11H2,(H2,26,27,28,29,32). The van der Waals surface area contributed by atoms with E-state index in [-0.39, 0.29) is 0 Å². The van der Waals surface area contributed by atoms with Gasteiger partial charge in [-0.25, -0.2) is 0 Å². The molecule has 2 aromatic carbocycles. The summed E-state index contributed by atoms with van der Waals surface area (Å²) in [4.78, 5) is 0. The molecule has 4 aromatic rings. The highest BCUT2D eigenvalue weighted by Crippen LogP contribution is 2.25. The molecule has 32 heavy (non-hydrogen) atoms. The molecular weight excluding hydrogens is 510 g/mol. The molecule has 2 N–H and O–H groups in total. The second kappa shape index (κ2) is 10.1.